The van der Waals surface area contributed by atoms with Crippen molar-refractivity contribution in [2.24, 2.45) is 11.8 Å². The van der Waals surface area contributed by atoms with Crippen molar-refractivity contribution < 1.29 is 30.8 Å². The van der Waals surface area contributed by atoms with Crippen LogP contribution in [0.5, 0.6) is 0 Å². The van der Waals surface area contributed by atoms with Gasteiger partial charge >= 0.3 is 45.5 Å². The zero-order chi connectivity index (χ0) is 22.8. The molecule has 0 aliphatic rings. The number of carboxylic acids is 2. The van der Waals surface area contributed by atoms with Crippen molar-refractivity contribution in [3.05, 3.63) is 70.8 Å². The van der Waals surface area contributed by atoms with Crippen LogP contribution in [0, 0.1) is 11.8 Å². The number of hydrogen-bond donors (Lipinski definition) is 0. The van der Waals surface area contributed by atoms with Crippen molar-refractivity contribution in [3.63, 3.8) is 0 Å². The molecule has 2 aromatic rings. The van der Waals surface area contributed by atoms with Gasteiger partial charge in [-0.15, -0.1) is 0 Å². The summed E-state index contributed by atoms with van der Waals surface area (Å²) in [6.45, 7) is 11.9. The Morgan fingerprint density at radius 2 is 0.848 bits per heavy atom. The molecule has 2 atom stereocenters. The molecule has 0 spiro atoms. The monoisotopic (exact) mass is 534 g/mol. The van der Waals surface area contributed by atoms with Gasteiger partial charge in [-0.1, -0.05) is 90.1 Å². The van der Waals surface area contributed by atoms with Crippen LogP contribution in [-0.4, -0.2) is 68.4 Å². The van der Waals surface area contributed by atoms with Crippen LogP contribution >= 0.6 is 0 Å². The van der Waals surface area contributed by atoms with E-state index in [0.29, 0.717) is 11.8 Å². The molecule has 0 fully saturated rings. The molecule has 2 rings (SSSR count). The van der Waals surface area contributed by atoms with E-state index in [1.54, 1.807) is 13.8 Å². The van der Waals surface area contributed by atoms with Gasteiger partial charge in [0.2, 0.25) is 0 Å². The fourth-order valence-electron chi connectivity index (χ4n) is 3.10. The van der Waals surface area contributed by atoms with E-state index in [1.165, 1.54) is 11.1 Å². The van der Waals surface area contributed by atoms with Gasteiger partial charge in [-0.05, 0) is 46.9 Å². The summed E-state index contributed by atoms with van der Waals surface area (Å²) in [7, 11) is 0. The summed E-state index contributed by atoms with van der Waals surface area (Å²) in [6, 6.07) is 15.5. The number of hydrogen-bond acceptors (Lipinski definition) is 4. The van der Waals surface area contributed by atoms with Gasteiger partial charge in [-0.2, -0.15) is 0 Å². The first-order chi connectivity index (χ1) is 14.0. The molecule has 0 heterocycles. The summed E-state index contributed by atoms with van der Waals surface area (Å²) in [6.07, 6.45) is 2.06. The molecule has 7 heteroatoms. The summed E-state index contributed by atoms with van der Waals surface area (Å²) < 4.78 is 0. The molecule has 180 valence electrons. The quantitative estimate of drug-likeness (QED) is 0.473. The number of carbonyl (C=O) groups excluding carboxylic acids is 2. The Morgan fingerprint density at radius 3 is 1.03 bits per heavy atom. The molecule has 33 heavy (non-hydrogen) atoms. The smallest absolute Gasteiger partial charge is 0.550 e. The third kappa shape index (κ3) is 13.9. The molecule has 2 unspecified atom stereocenters. The summed E-state index contributed by atoms with van der Waals surface area (Å²) in [5.41, 5.74) is 4.11. The van der Waals surface area contributed by atoms with Crippen LogP contribution in [0.4, 0.5) is 0 Å². The van der Waals surface area contributed by atoms with Gasteiger partial charge in [-0.3, -0.25) is 0 Å². The molecule has 0 saturated heterocycles. The Balaban J connectivity index is -0.000000500. The number of aliphatic carboxylic acids is 2. The molecule has 0 aliphatic heterocycles. The Hall–Kier alpha value is -1.22. The second kappa shape index (κ2) is 18.2. The first kappa shape index (κ1) is 36.4. The van der Waals surface area contributed by atoms with Gasteiger partial charge in [0.15, 0.2) is 0 Å². The normalized spacial score (nSPS) is 11.6. The molecule has 2 aromatic carbocycles. The molecule has 0 saturated carbocycles. The van der Waals surface area contributed by atoms with Gasteiger partial charge in [0.1, 0.15) is 0 Å². The zero-order valence-corrected chi connectivity index (χ0v) is 24.2. The minimum atomic E-state index is -1.02. The van der Waals surface area contributed by atoms with Crippen molar-refractivity contribution >= 4 is 57.4 Å². The van der Waals surface area contributed by atoms with Crippen molar-refractivity contribution in [1.29, 1.82) is 0 Å². The SMILES string of the molecule is CC(C)Cc1ccc(C(C)C(=O)[O-])cc1.CC(C)Cc1ccc(C(C)C(=O)[O-])cc1.O.O.[Sr+2]. The number of carbonyl (C=O) groups is 2. The van der Waals surface area contributed by atoms with Crippen molar-refractivity contribution in [2.75, 3.05) is 0 Å². The summed E-state index contributed by atoms with van der Waals surface area (Å²) in [5.74, 6) is -1.86. The van der Waals surface area contributed by atoms with Gasteiger partial charge in [0.05, 0.1) is 0 Å². The van der Waals surface area contributed by atoms with Crippen molar-refractivity contribution in [1.82, 2.24) is 0 Å². The first-order valence-corrected chi connectivity index (χ1v) is 10.6. The Morgan fingerprint density at radius 1 is 0.606 bits per heavy atom. The largest absolute Gasteiger partial charge is 2.00 e. The molecule has 0 bridgehead atoms. The van der Waals surface area contributed by atoms with E-state index in [4.69, 9.17) is 0 Å². The fourth-order valence-corrected chi connectivity index (χ4v) is 3.10. The zero-order valence-electron chi connectivity index (χ0n) is 20.7. The van der Waals surface area contributed by atoms with Crippen LogP contribution in [0.15, 0.2) is 48.5 Å². The summed E-state index contributed by atoms with van der Waals surface area (Å²) >= 11 is 0. The molecule has 0 aromatic heterocycles. The average Bonchev–Trinajstić information content (AvgIpc) is 2.67. The molecule has 0 aliphatic carbocycles. The van der Waals surface area contributed by atoms with Crippen molar-refractivity contribution in [2.45, 2.75) is 66.2 Å². The van der Waals surface area contributed by atoms with E-state index in [2.05, 4.69) is 27.7 Å². The molecule has 6 nitrogen and oxygen atoms in total. The first-order valence-electron chi connectivity index (χ1n) is 10.6. The van der Waals surface area contributed by atoms with Crippen LogP contribution < -0.4 is 10.2 Å². The van der Waals surface area contributed by atoms with Crippen LogP contribution in [0.3, 0.4) is 0 Å². The Labute approximate surface area is 235 Å². The topological polar surface area (TPSA) is 143 Å². The molecule has 0 radical (unpaired) electrons. The van der Waals surface area contributed by atoms with E-state index >= 15 is 0 Å². The minimum absolute atomic E-state index is 0. The predicted molar refractivity (Wildman–Crippen MR) is 130 cm³/mol. The van der Waals surface area contributed by atoms with E-state index < -0.39 is 23.8 Å². The van der Waals surface area contributed by atoms with E-state index in [0.717, 1.165) is 24.0 Å². The van der Waals surface area contributed by atoms with Crippen LogP contribution in [0.2, 0.25) is 0 Å². The van der Waals surface area contributed by atoms with E-state index in [9.17, 15) is 19.8 Å². The second-order valence-electron chi connectivity index (χ2n) is 8.76. The van der Waals surface area contributed by atoms with E-state index in [1.807, 2.05) is 48.5 Å². The molecular formula is C26H38O6Sr. The average molecular weight is 534 g/mol. The van der Waals surface area contributed by atoms with Crippen LogP contribution in [0.1, 0.15) is 75.6 Å². The minimum Gasteiger partial charge on any atom is -0.550 e. The number of rotatable bonds is 8. The summed E-state index contributed by atoms with van der Waals surface area (Å²) in [5, 5.41) is 21.3. The predicted octanol–water partition coefficient (Wildman–Crippen LogP) is 1.45. The maximum Gasteiger partial charge on any atom is 2.00 e. The maximum atomic E-state index is 10.7. The molecular weight excluding hydrogens is 496 g/mol. The Kier molecular flexibility index (Phi) is 20.0. The molecule has 4 N–H and O–H groups in total. The van der Waals surface area contributed by atoms with Crippen LogP contribution in [-0.2, 0) is 22.4 Å². The Bertz CT molecular complexity index is 731. The number of benzene rings is 2. The molecule has 0 amide bonds. The number of carboxylic acid groups (broad SMARTS) is 2. The van der Waals surface area contributed by atoms with E-state index in [-0.39, 0.29) is 56.4 Å². The van der Waals surface area contributed by atoms with Gasteiger partial charge in [-0.25, -0.2) is 0 Å². The van der Waals surface area contributed by atoms with Gasteiger partial charge in [0, 0.05) is 23.8 Å². The standard InChI is InChI=1S/2C13H18O2.2H2O.Sr/c2*1-9(2)8-11-4-6-12(7-5-11)10(3)13(14)15;;;/h2*4-7,9-10H,8H2,1-3H3,(H,14,15);2*1H2;/q;;;;+2/p-2. The van der Waals surface area contributed by atoms with Crippen LogP contribution in [0.25, 0.3) is 0 Å². The van der Waals surface area contributed by atoms with Crippen molar-refractivity contribution in [3.8, 4) is 0 Å². The second-order valence-corrected chi connectivity index (χ2v) is 8.76. The fraction of sp³-hybridized carbons (Fsp3) is 0.462. The van der Waals surface area contributed by atoms with Gasteiger partial charge in [0.25, 0.3) is 0 Å². The van der Waals surface area contributed by atoms with Gasteiger partial charge < -0.3 is 30.8 Å². The summed E-state index contributed by atoms with van der Waals surface area (Å²) in [4.78, 5) is 21.3. The maximum absolute atomic E-state index is 10.7. The third-order valence-corrected chi connectivity index (χ3v) is 4.95. The third-order valence-electron chi connectivity index (χ3n) is 4.95.